The van der Waals surface area contributed by atoms with Crippen LogP contribution in [0.3, 0.4) is 0 Å². The third-order valence-corrected chi connectivity index (χ3v) is 3.92. The van der Waals surface area contributed by atoms with Crippen molar-refractivity contribution in [2.45, 2.75) is 50.7 Å². The molecule has 0 aromatic rings. The molecule has 2 fully saturated rings. The van der Waals surface area contributed by atoms with Crippen LogP contribution in [0, 0.1) is 0 Å². The number of hydrazone groups is 1. The van der Waals surface area contributed by atoms with Crippen LogP contribution in [0.4, 0.5) is 0 Å². The Labute approximate surface area is 95.4 Å². The zero-order valence-corrected chi connectivity index (χ0v) is 9.86. The quantitative estimate of drug-likeness (QED) is 0.656. The predicted octanol–water partition coefficient (Wildman–Crippen LogP) is 0.683. The summed E-state index contributed by atoms with van der Waals surface area (Å²) in [5.41, 5.74) is 4.31. The van der Waals surface area contributed by atoms with Crippen molar-refractivity contribution in [2.75, 3.05) is 7.05 Å². The maximum absolute atomic E-state index is 12.0. The van der Waals surface area contributed by atoms with Crippen molar-refractivity contribution < 1.29 is 4.79 Å². The molecule has 0 bridgehead atoms. The van der Waals surface area contributed by atoms with Crippen molar-refractivity contribution in [3.8, 4) is 0 Å². The molecule has 0 aromatic carbocycles. The summed E-state index contributed by atoms with van der Waals surface area (Å²) < 4.78 is 0. The highest BCUT2D eigenvalue weighted by Gasteiger charge is 2.52. The summed E-state index contributed by atoms with van der Waals surface area (Å²) in [6.07, 6.45) is 5.38. The lowest BCUT2D eigenvalue weighted by Gasteiger charge is -2.48. The van der Waals surface area contributed by atoms with Gasteiger partial charge in [-0.1, -0.05) is 0 Å². The Balaban J connectivity index is 1.97. The van der Waals surface area contributed by atoms with Gasteiger partial charge in [0, 0.05) is 19.2 Å². The maximum atomic E-state index is 12.0. The van der Waals surface area contributed by atoms with Gasteiger partial charge in [0.2, 0.25) is 0 Å². The van der Waals surface area contributed by atoms with E-state index in [-0.39, 0.29) is 17.6 Å². The Bertz CT molecular complexity index is 359. The second-order valence-corrected chi connectivity index (χ2v) is 5.15. The average molecular weight is 222 g/mol. The van der Waals surface area contributed by atoms with Gasteiger partial charge in [-0.3, -0.25) is 14.8 Å². The van der Waals surface area contributed by atoms with Gasteiger partial charge >= 0.3 is 0 Å². The first kappa shape index (κ1) is 10.1. The molecule has 3 rings (SSSR count). The molecule has 1 saturated heterocycles. The fraction of sp³-hybridized carbons (Fsp3) is 0.818. The number of carbonyl (C=O) groups is 1. The predicted molar refractivity (Wildman–Crippen MR) is 60.5 cm³/mol. The van der Waals surface area contributed by atoms with Crippen LogP contribution in [0.1, 0.15) is 39.0 Å². The molecule has 1 spiro atoms. The molecule has 2 aliphatic heterocycles. The van der Waals surface area contributed by atoms with E-state index in [0.717, 1.165) is 25.0 Å². The van der Waals surface area contributed by atoms with Crippen LogP contribution >= 0.6 is 0 Å². The number of hydrogen-bond donors (Lipinski definition) is 1. The molecular formula is C11H18N4O. The number of nitrogens with one attached hydrogen (secondary N) is 1. The van der Waals surface area contributed by atoms with E-state index in [1.165, 1.54) is 12.8 Å². The molecule has 88 valence electrons. The maximum Gasteiger partial charge on any atom is 0.261 e. The molecule has 1 unspecified atom stereocenters. The second-order valence-electron chi connectivity index (χ2n) is 5.15. The van der Waals surface area contributed by atoms with Gasteiger partial charge in [-0.2, -0.15) is 5.10 Å². The summed E-state index contributed by atoms with van der Waals surface area (Å²) in [6.45, 7) is 2.01. The first-order valence-electron chi connectivity index (χ1n) is 6.01. The summed E-state index contributed by atoms with van der Waals surface area (Å²) in [4.78, 5) is 12.0. The number of fused-ring (bicyclic) bond motifs is 2. The molecule has 1 saturated carbocycles. The Morgan fingerprint density at radius 1 is 1.44 bits per heavy atom. The summed E-state index contributed by atoms with van der Waals surface area (Å²) in [7, 11) is 1.83. The van der Waals surface area contributed by atoms with Crippen molar-refractivity contribution in [3.05, 3.63) is 0 Å². The van der Waals surface area contributed by atoms with Gasteiger partial charge in [0.05, 0.1) is 0 Å². The van der Waals surface area contributed by atoms with Gasteiger partial charge in [0.15, 0.2) is 0 Å². The minimum absolute atomic E-state index is 0.0654. The lowest BCUT2D eigenvalue weighted by atomic mass is 10.0. The van der Waals surface area contributed by atoms with Crippen molar-refractivity contribution >= 4 is 11.6 Å². The van der Waals surface area contributed by atoms with Crippen LogP contribution in [0.15, 0.2) is 5.10 Å². The van der Waals surface area contributed by atoms with E-state index in [4.69, 9.17) is 0 Å². The Morgan fingerprint density at radius 2 is 2.12 bits per heavy atom. The molecule has 3 aliphatic rings. The Hall–Kier alpha value is -1.10. The molecule has 0 radical (unpaired) electrons. The van der Waals surface area contributed by atoms with Gasteiger partial charge in [-0.05, 0) is 32.6 Å². The summed E-state index contributed by atoms with van der Waals surface area (Å²) in [6, 6.07) is -0.0654. The number of nitrogens with zero attached hydrogens (tertiary/aromatic N) is 3. The van der Waals surface area contributed by atoms with Gasteiger partial charge in [-0.15, -0.1) is 0 Å². The van der Waals surface area contributed by atoms with Gasteiger partial charge < -0.3 is 0 Å². The summed E-state index contributed by atoms with van der Waals surface area (Å²) >= 11 is 0. The van der Waals surface area contributed by atoms with E-state index in [1.807, 2.05) is 19.0 Å². The molecule has 5 nitrogen and oxygen atoms in total. The standard InChI is InChI=1S/C11H18N4O/c1-8-7-9-10(16)14(2)13-11(15(9)12-8)5-3-4-6-11/h9,13H,3-7H2,1-2H3. The Kier molecular flexibility index (Phi) is 2.01. The fourth-order valence-electron chi connectivity index (χ4n) is 3.19. The first-order chi connectivity index (χ1) is 7.62. The van der Waals surface area contributed by atoms with E-state index >= 15 is 0 Å². The van der Waals surface area contributed by atoms with Crippen LogP contribution in [-0.2, 0) is 4.79 Å². The molecular weight excluding hydrogens is 204 g/mol. The minimum Gasteiger partial charge on any atom is -0.277 e. The summed E-state index contributed by atoms with van der Waals surface area (Å²) in [5.74, 6) is 0.137. The largest absolute Gasteiger partial charge is 0.277 e. The van der Waals surface area contributed by atoms with Crippen LogP contribution in [-0.4, -0.2) is 40.4 Å². The van der Waals surface area contributed by atoms with E-state index in [9.17, 15) is 4.79 Å². The van der Waals surface area contributed by atoms with Crippen molar-refractivity contribution in [1.82, 2.24) is 15.4 Å². The van der Waals surface area contributed by atoms with Crippen molar-refractivity contribution in [1.29, 1.82) is 0 Å². The van der Waals surface area contributed by atoms with E-state index in [1.54, 1.807) is 5.01 Å². The molecule has 1 N–H and O–H groups in total. The van der Waals surface area contributed by atoms with Crippen LogP contribution < -0.4 is 5.43 Å². The monoisotopic (exact) mass is 222 g/mol. The van der Waals surface area contributed by atoms with Crippen LogP contribution in [0.2, 0.25) is 0 Å². The molecule has 16 heavy (non-hydrogen) atoms. The van der Waals surface area contributed by atoms with Gasteiger partial charge in [0.25, 0.3) is 5.91 Å². The first-order valence-corrected chi connectivity index (χ1v) is 6.01. The Morgan fingerprint density at radius 3 is 2.81 bits per heavy atom. The highest BCUT2D eigenvalue weighted by Crippen LogP contribution is 2.40. The number of amides is 1. The SMILES string of the molecule is CC1=NN2C(C1)C(=O)N(C)NC21CCCC1. The number of carbonyl (C=O) groups excluding carboxylic acids is 1. The third-order valence-electron chi connectivity index (χ3n) is 3.92. The zero-order chi connectivity index (χ0) is 11.3. The van der Waals surface area contributed by atoms with E-state index < -0.39 is 0 Å². The van der Waals surface area contributed by atoms with Crippen molar-refractivity contribution in [3.63, 3.8) is 0 Å². The van der Waals surface area contributed by atoms with Crippen molar-refractivity contribution in [2.24, 2.45) is 5.10 Å². The average Bonchev–Trinajstić information content (AvgIpc) is 2.83. The zero-order valence-electron chi connectivity index (χ0n) is 9.86. The molecule has 0 aromatic heterocycles. The van der Waals surface area contributed by atoms with Gasteiger partial charge in [-0.25, -0.2) is 5.43 Å². The molecule has 2 heterocycles. The second kappa shape index (κ2) is 3.20. The third kappa shape index (κ3) is 1.21. The number of likely N-dealkylation sites (N-methyl/N-ethyl adjacent to an activating group) is 1. The van der Waals surface area contributed by atoms with Crippen LogP contribution in [0.25, 0.3) is 0 Å². The number of hydrogen-bond acceptors (Lipinski definition) is 4. The topological polar surface area (TPSA) is 47.9 Å². The van der Waals surface area contributed by atoms with Crippen LogP contribution in [0.5, 0.6) is 0 Å². The smallest absolute Gasteiger partial charge is 0.261 e. The molecule has 1 atom stereocenters. The molecule has 1 amide bonds. The van der Waals surface area contributed by atoms with E-state index in [2.05, 4.69) is 10.5 Å². The number of rotatable bonds is 0. The number of hydrazine groups is 1. The lowest BCUT2D eigenvalue weighted by Crippen LogP contribution is -2.70. The fourth-order valence-corrected chi connectivity index (χ4v) is 3.19. The molecule has 1 aliphatic carbocycles. The normalized spacial score (nSPS) is 32.2. The molecule has 5 heteroatoms. The highest BCUT2D eigenvalue weighted by atomic mass is 16.2. The van der Waals surface area contributed by atoms with Gasteiger partial charge in [0.1, 0.15) is 11.7 Å². The van der Waals surface area contributed by atoms with E-state index in [0.29, 0.717) is 0 Å². The highest BCUT2D eigenvalue weighted by molar-refractivity contribution is 5.93. The summed E-state index contributed by atoms with van der Waals surface area (Å²) in [5, 5.41) is 8.28. The minimum atomic E-state index is -0.0922. The lowest BCUT2D eigenvalue weighted by molar-refractivity contribution is -0.160.